The van der Waals surface area contributed by atoms with E-state index in [0.29, 0.717) is 0 Å². The molecule has 0 saturated heterocycles. The molecule has 3 aromatic rings. The standard InChI is InChI=1S/C24H21NOS/c1-16-10-12-17(13-11-16)22(26)24-18-7-3-4-9-21(18)27-23(24,2)15-19(24)20-8-5-6-14-25-20/h3-14,19H,15H2,1-2H3/t19-,23+,24-/m1/s1. The molecule has 0 spiro atoms. The lowest BCUT2D eigenvalue weighted by Crippen LogP contribution is -2.64. The number of ketones is 1. The molecule has 134 valence electrons. The van der Waals surface area contributed by atoms with E-state index in [9.17, 15) is 4.79 Å². The van der Waals surface area contributed by atoms with Crippen LogP contribution in [0.3, 0.4) is 0 Å². The highest BCUT2D eigenvalue weighted by Gasteiger charge is 2.72. The van der Waals surface area contributed by atoms with Gasteiger partial charge in [-0.3, -0.25) is 9.78 Å². The van der Waals surface area contributed by atoms with Gasteiger partial charge in [-0.25, -0.2) is 0 Å². The van der Waals surface area contributed by atoms with Gasteiger partial charge in [0.05, 0.1) is 5.41 Å². The van der Waals surface area contributed by atoms with Gasteiger partial charge in [0.1, 0.15) is 0 Å². The van der Waals surface area contributed by atoms with Gasteiger partial charge in [-0.15, -0.1) is 11.8 Å². The maximum atomic E-state index is 14.1. The first-order chi connectivity index (χ1) is 13.1. The summed E-state index contributed by atoms with van der Waals surface area (Å²) in [6.07, 6.45) is 2.80. The van der Waals surface area contributed by atoms with E-state index < -0.39 is 5.41 Å². The molecule has 0 unspecified atom stereocenters. The number of thioether (sulfide) groups is 1. The van der Waals surface area contributed by atoms with Crippen molar-refractivity contribution in [2.24, 2.45) is 0 Å². The van der Waals surface area contributed by atoms with Crippen LogP contribution in [-0.4, -0.2) is 15.5 Å². The lowest BCUT2D eigenvalue weighted by Gasteiger charge is -2.58. The summed E-state index contributed by atoms with van der Waals surface area (Å²) in [5, 5.41) is 0. The lowest BCUT2D eigenvalue weighted by atomic mass is 9.47. The Kier molecular flexibility index (Phi) is 3.60. The topological polar surface area (TPSA) is 30.0 Å². The molecule has 5 rings (SSSR count). The number of rotatable bonds is 3. The molecular formula is C24H21NOS. The Labute approximate surface area is 164 Å². The third kappa shape index (κ3) is 2.15. The molecule has 0 bridgehead atoms. The molecule has 3 atom stereocenters. The fraction of sp³-hybridized carbons (Fsp3) is 0.250. The second-order valence-electron chi connectivity index (χ2n) is 7.84. The third-order valence-corrected chi connectivity index (χ3v) is 7.83. The van der Waals surface area contributed by atoms with Crippen LogP contribution in [0.2, 0.25) is 0 Å². The minimum absolute atomic E-state index is 0.105. The normalized spacial score (nSPS) is 28.1. The predicted molar refractivity (Wildman–Crippen MR) is 109 cm³/mol. The molecule has 3 heteroatoms. The van der Waals surface area contributed by atoms with Crippen molar-refractivity contribution in [3.8, 4) is 0 Å². The first kappa shape index (κ1) is 16.8. The van der Waals surface area contributed by atoms with Gasteiger partial charge in [-0.2, -0.15) is 0 Å². The van der Waals surface area contributed by atoms with Crippen molar-refractivity contribution in [1.82, 2.24) is 4.98 Å². The zero-order valence-corrected chi connectivity index (χ0v) is 16.3. The van der Waals surface area contributed by atoms with Gasteiger partial charge in [0.2, 0.25) is 0 Å². The Morgan fingerprint density at radius 1 is 1.04 bits per heavy atom. The molecule has 0 amide bonds. The maximum Gasteiger partial charge on any atom is 0.175 e. The van der Waals surface area contributed by atoms with E-state index in [1.165, 1.54) is 16.0 Å². The monoisotopic (exact) mass is 371 g/mol. The largest absolute Gasteiger partial charge is 0.293 e. The van der Waals surface area contributed by atoms with Crippen LogP contribution in [0.5, 0.6) is 0 Å². The smallest absolute Gasteiger partial charge is 0.175 e. The molecular weight excluding hydrogens is 350 g/mol. The summed E-state index contributed by atoms with van der Waals surface area (Å²) in [7, 11) is 0. The van der Waals surface area contributed by atoms with E-state index in [1.807, 2.05) is 54.4 Å². The number of hydrogen-bond acceptors (Lipinski definition) is 3. The van der Waals surface area contributed by atoms with Crippen LogP contribution in [-0.2, 0) is 5.41 Å². The quantitative estimate of drug-likeness (QED) is 0.564. The summed E-state index contributed by atoms with van der Waals surface area (Å²) in [5.74, 6) is 0.331. The Morgan fingerprint density at radius 3 is 2.52 bits per heavy atom. The van der Waals surface area contributed by atoms with Crippen molar-refractivity contribution in [2.45, 2.75) is 41.2 Å². The number of nitrogens with zero attached hydrogens (tertiary/aromatic N) is 1. The van der Waals surface area contributed by atoms with E-state index in [-0.39, 0.29) is 16.4 Å². The van der Waals surface area contributed by atoms with Crippen LogP contribution in [0, 0.1) is 6.92 Å². The minimum atomic E-state index is -0.558. The Morgan fingerprint density at radius 2 is 1.78 bits per heavy atom. The lowest BCUT2D eigenvalue weighted by molar-refractivity contribution is 0.0637. The highest BCUT2D eigenvalue weighted by molar-refractivity contribution is 8.01. The zero-order valence-electron chi connectivity index (χ0n) is 15.5. The third-order valence-electron chi connectivity index (χ3n) is 6.31. The van der Waals surface area contributed by atoms with Gasteiger partial charge in [-0.1, -0.05) is 54.1 Å². The summed E-state index contributed by atoms with van der Waals surface area (Å²) >= 11 is 1.86. The van der Waals surface area contributed by atoms with Crippen molar-refractivity contribution >= 4 is 17.5 Å². The highest BCUT2D eigenvalue weighted by Crippen LogP contribution is 2.73. The number of hydrogen-bond donors (Lipinski definition) is 0. The first-order valence-electron chi connectivity index (χ1n) is 9.37. The summed E-state index contributed by atoms with van der Waals surface area (Å²) in [5.41, 5.74) is 3.60. The number of benzene rings is 2. The number of Topliss-reactive ketones (excluding diaryl/α,β-unsaturated/α-hetero) is 1. The molecule has 27 heavy (non-hydrogen) atoms. The molecule has 1 aliphatic heterocycles. The van der Waals surface area contributed by atoms with Gasteiger partial charge in [0.25, 0.3) is 0 Å². The van der Waals surface area contributed by atoms with Crippen molar-refractivity contribution in [3.63, 3.8) is 0 Å². The summed E-state index contributed by atoms with van der Waals surface area (Å²) in [6, 6.07) is 22.5. The first-order valence-corrected chi connectivity index (χ1v) is 10.2. The maximum absolute atomic E-state index is 14.1. The van der Waals surface area contributed by atoms with E-state index in [2.05, 4.69) is 49.2 Å². The van der Waals surface area contributed by atoms with Gasteiger partial charge in [-0.05, 0) is 44.0 Å². The number of pyridine rings is 1. The van der Waals surface area contributed by atoms with E-state index in [1.54, 1.807) is 0 Å². The predicted octanol–water partition coefficient (Wildman–Crippen LogP) is 5.56. The van der Waals surface area contributed by atoms with Crippen LogP contribution in [0.1, 0.15) is 46.4 Å². The summed E-state index contributed by atoms with van der Waals surface area (Å²) < 4.78 is -0.138. The van der Waals surface area contributed by atoms with Crippen LogP contribution in [0.4, 0.5) is 0 Å². The number of fused-ring (bicyclic) bond motifs is 3. The van der Waals surface area contributed by atoms with Crippen molar-refractivity contribution in [2.75, 3.05) is 0 Å². The number of aromatic nitrogens is 1. The average molecular weight is 372 g/mol. The van der Waals surface area contributed by atoms with Crippen molar-refractivity contribution in [1.29, 1.82) is 0 Å². The van der Waals surface area contributed by atoms with E-state index in [0.717, 1.165) is 17.7 Å². The van der Waals surface area contributed by atoms with Crippen LogP contribution in [0.25, 0.3) is 0 Å². The van der Waals surface area contributed by atoms with Crippen LogP contribution in [0.15, 0.2) is 77.8 Å². The molecule has 0 N–H and O–H groups in total. The van der Waals surface area contributed by atoms with E-state index >= 15 is 0 Å². The van der Waals surface area contributed by atoms with Crippen LogP contribution < -0.4 is 0 Å². The molecule has 1 aliphatic carbocycles. The minimum Gasteiger partial charge on any atom is -0.293 e. The molecule has 1 saturated carbocycles. The fourth-order valence-corrected chi connectivity index (χ4v) is 6.75. The Balaban J connectivity index is 1.73. The van der Waals surface area contributed by atoms with Crippen LogP contribution >= 0.6 is 11.8 Å². The molecule has 0 radical (unpaired) electrons. The molecule has 1 fully saturated rings. The van der Waals surface area contributed by atoms with Gasteiger partial charge >= 0.3 is 0 Å². The molecule has 2 aliphatic rings. The fourth-order valence-electron chi connectivity index (χ4n) is 5.02. The molecule has 2 aromatic carbocycles. The number of carbonyl (C=O) groups excluding carboxylic acids is 1. The molecule has 2 heterocycles. The van der Waals surface area contributed by atoms with E-state index in [4.69, 9.17) is 0 Å². The molecule has 2 nitrogen and oxygen atoms in total. The van der Waals surface area contributed by atoms with Gasteiger partial charge < -0.3 is 0 Å². The Hall–Kier alpha value is -2.39. The number of aryl methyl sites for hydroxylation is 1. The number of carbonyl (C=O) groups is 1. The second-order valence-corrected chi connectivity index (χ2v) is 9.39. The summed E-state index contributed by atoms with van der Waals surface area (Å²) in [4.78, 5) is 19.9. The van der Waals surface area contributed by atoms with Crippen molar-refractivity contribution < 1.29 is 4.79 Å². The average Bonchev–Trinajstić information content (AvgIpc) is 2.88. The second kappa shape index (κ2) is 5.80. The molecule has 1 aromatic heterocycles. The SMILES string of the molecule is Cc1ccc(C(=O)[C@]23c4ccccc4S[C@@]2(C)C[C@@H]3c2ccccn2)cc1. The van der Waals surface area contributed by atoms with Crippen molar-refractivity contribution in [3.05, 3.63) is 95.3 Å². The highest BCUT2D eigenvalue weighted by atomic mass is 32.2. The van der Waals surface area contributed by atoms with Gasteiger partial charge in [0.15, 0.2) is 5.78 Å². The van der Waals surface area contributed by atoms with Gasteiger partial charge in [0, 0.05) is 33.0 Å². The Bertz CT molecular complexity index is 1030. The summed E-state index contributed by atoms with van der Waals surface area (Å²) in [6.45, 7) is 4.31. The zero-order chi connectivity index (χ0) is 18.6.